The molecule has 2 aliphatic rings. The molecule has 0 radical (unpaired) electrons. The number of carbonyl (C=O) groups excluding carboxylic acids is 1. The predicted molar refractivity (Wildman–Crippen MR) is 50.1 cm³/mol. The summed E-state index contributed by atoms with van der Waals surface area (Å²) in [6, 6.07) is 2.34. The Balaban J connectivity index is 2.17. The second kappa shape index (κ2) is 2.98. The summed E-state index contributed by atoms with van der Waals surface area (Å²) in [6.45, 7) is 1.98. The molecule has 0 N–H and O–H groups in total. The molecule has 0 aromatic heterocycles. The number of esters is 1. The number of nitrogens with zero attached hydrogens (tertiary/aromatic N) is 1. The van der Waals surface area contributed by atoms with Gasteiger partial charge in [-0.2, -0.15) is 5.26 Å². The van der Waals surface area contributed by atoms with E-state index in [-0.39, 0.29) is 17.3 Å². The van der Waals surface area contributed by atoms with Gasteiger partial charge in [0.25, 0.3) is 0 Å². The van der Waals surface area contributed by atoms with Crippen molar-refractivity contribution in [3.05, 3.63) is 0 Å². The van der Waals surface area contributed by atoms with Crippen LogP contribution >= 0.6 is 0 Å². The van der Waals surface area contributed by atoms with E-state index in [2.05, 4.69) is 6.07 Å². The van der Waals surface area contributed by atoms with Gasteiger partial charge in [0.1, 0.15) is 0 Å². The quantitative estimate of drug-likeness (QED) is 0.596. The minimum atomic E-state index is -0.313. The molecule has 3 nitrogen and oxygen atoms in total. The third-order valence-corrected chi connectivity index (χ3v) is 4.10. The summed E-state index contributed by atoms with van der Waals surface area (Å²) in [6.07, 6.45) is 2.75. The second-order valence-corrected chi connectivity index (χ2v) is 4.78. The summed E-state index contributed by atoms with van der Waals surface area (Å²) >= 11 is 0. The van der Waals surface area contributed by atoms with E-state index in [1.165, 1.54) is 7.11 Å². The maximum absolute atomic E-state index is 11.6. The zero-order valence-corrected chi connectivity index (χ0v) is 8.62. The molecule has 2 saturated carbocycles. The Kier molecular flexibility index (Phi) is 2.02. The molecule has 2 fully saturated rings. The average molecular weight is 193 g/mol. The first kappa shape index (κ1) is 9.51. The van der Waals surface area contributed by atoms with Gasteiger partial charge < -0.3 is 4.74 Å². The first-order chi connectivity index (χ1) is 6.61. The minimum absolute atomic E-state index is 0.0959. The van der Waals surface area contributed by atoms with E-state index in [1.54, 1.807) is 0 Å². The summed E-state index contributed by atoms with van der Waals surface area (Å²) in [5, 5.41) is 8.89. The largest absolute Gasteiger partial charge is 0.469 e. The molecular weight excluding hydrogens is 178 g/mol. The van der Waals surface area contributed by atoms with E-state index in [0.29, 0.717) is 11.8 Å². The van der Waals surface area contributed by atoms with Gasteiger partial charge in [-0.1, -0.05) is 0 Å². The number of hydrogen-bond acceptors (Lipinski definition) is 3. The second-order valence-electron chi connectivity index (χ2n) is 4.78. The van der Waals surface area contributed by atoms with Crippen LogP contribution < -0.4 is 0 Å². The van der Waals surface area contributed by atoms with Crippen molar-refractivity contribution < 1.29 is 9.53 Å². The van der Waals surface area contributed by atoms with Gasteiger partial charge in [0.05, 0.1) is 18.6 Å². The summed E-state index contributed by atoms with van der Waals surface area (Å²) in [5.41, 5.74) is -0.313. The van der Waals surface area contributed by atoms with E-state index < -0.39 is 0 Å². The molecule has 14 heavy (non-hydrogen) atoms. The predicted octanol–water partition coefficient (Wildman–Crippen LogP) is 1.74. The fourth-order valence-corrected chi connectivity index (χ4v) is 3.22. The van der Waals surface area contributed by atoms with E-state index in [9.17, 15) is 4.79 Å². The molecule has 0 aromatic rings. The molecule has 2 aliphatic carbocycles. The fraction of sp³-hybridized carbons (Fsp3) is 0.818. The molecule has 0 saturated heterocycles. The molecule has 76 valence electrons. The molecule has 4 atom stereocenters. The summed E-state index contributed by atoms with van der Waals surface area (Å²) in [5.74, 6) is 0.873. The monoisotopic (exact) mass is 193 g/mol. The Hall–Kier alpha value is -1.04. The molecule has 3 heteroatoms. The molecule has 2 rings (SSSR count). The summed E-state index contributed by atoms with van der Waals surface area (Å²) in [4.78, 5) is 11.6. The van der Waals surface area contributed by atoms with Crippen LogP contribution in [0.3, 0.4) is 0 Å². The van der Waals surface area contributed by atoms with Gasteiger partial charge in [0.2, 0.25) is 0 Å². The number of methoxy groups -OCH3 is 1. The Bertz CT molecular complexity index is 307. The van der Waals surface area contributed by atoms with Crippen molar-refractivity contribution in [2.24, 2.45) is 23.2 Å². The van der Waals surface area contributed by atoms with Crippen LogP contribution in [0, 0.1) is 34.5 Å². The minimum Gasteiger partial charge on any atom is -0.469 e. The maximum atomic E-state index is 11.6. The molecule has 2 bridgehead atoms. The lowest BCUT2D eigenvalue weighted by atomic mass is 9.72. The van der Waals surface area contributed by atoms with Crippen molar-refractivity contribution in [3.8, 4) is 6.07 Å². The zero-order chi connectivity index (χ0) is 10.3. The number of rotatable bonds is 1. The van der Waals surface area contributed by atoms with Gasteiger partial charge in [-0.25, -0.2) is 0 Å². The molecule has 0 aromatic carbocycles. The number of nitriles is 1. The lowest BCUT2D eigenvalue weighted by Gasteiger charge is -2.32. The van der Waals surface area contributed by atoms with Crippen molar-refractivity contribution in [1.29, 1.82) is 5.26 Å². The van der Waals surface area contributed by atoms with Gasteiger partial charge in [0, 0.05) is 5.92 Å². The highest BCUT2D eigenvalue weighted by Crippen LogP contribution is 2.58. The molecule has 0 amide bonds. The third-order valence-electron chi connectivity index (χ3n) is 4.10. The Labute approximate surface area is 84.0 Å². The zero-order valence-electron chi connectivity index (χ0n) is 8.62. The Morgan fingerprint density at radius 3 is 2.71 bits per heavy atom. The fourth-order valence-electron chi connectivity index (χ4n) is 3.22. The van der Waals surface area contributed by atoms with Crippen LogP contribution in [-0.2, 0) is 9.53 Å². The van der Waals surface area contributed by atoms with Crippen LogP contribution in [0.25, 0.3) is 0 Å². The van der Waals surface area contributed by atoms with E-state index in [1.807, 2.05) is 6.92 Å². The van der Waals surface area contributed by atoms with E-state index >= 15 is 0 Å². The van der Waals surface area contributed by atoms with Crippen LogP contribution in [0.2, 0.25) is 0 Å². The van der Waals surface area contributed by atoms with Gasteiger partial charge >= 0.3 is 5.97 Å². The van der Waals surface area contributed by atoms with Crippen molar-refractivity contribution in [3.63, 3.8) is 0 Å². The van der Waals surface area contributed by atoms with Crippen molar-refractivity contribution in [1.82, 2.24) is 0 Å². The molecule has 4 unspecified atom stereocenters. The topological polar surface area (TPSA) is 50.1 Å². The average Bonchev–Trinajstić information content (AvgIpc) is 2.73. The highest BCUT2D eigenvalue weighted by Gasteiger charge is 2.56. The normalized spacial score (nSPS) is 44.8. The number of hydrogen-bond donors (Lipinski definition) is 0. The number of carbonyl (C=O) groups is 1. The van der Waals surface area contributed by atoms with Gasteiger partial charge in [-0.15, -0.1) is 0 Å². The van der Waals surface area contributed by atoms with Crippen LogP contribution in [0.5, 0.6) is 0 Å². The smallest absolute Gasteiger partial charge is 0.311 e. The molecular formula is C11H15NO2. The van der Waals surface area contributed by atoms with E-state index in [0.717, 1.165) is 19.3 Å². The lowest BCUT2D eigenvalue weighted by Crippen LogP contribution is -2.36. The number of fused-ring (bicyclic) bond motifs is 2. The number of ether oxygens (including phenoxy) is 1. The van der Waals surface area contributed by atoms with Crippen molar-refractivity contribution >= 4 is 5.97 Å². The van der Waals surface area contributed by atoms with Crippen LogP contribution in [0.1, 0.15) is 26.2 Å². The van der Waals surface area contributed by atoms with Crippen LogP contribution in [0.15, 0.2) is 0 Å². The van der Waals surface area contributed by atoms with Crippen LogP contribution in [0.4, 0.5) is 0 Å². The summed E-state index contributed by atoms with van der Waals surface area (Å²) < 4.78 is 4.84. The lowest BCUT2D eigenvalue weighted by molar-refractivity contribution is -0.155. The van der Waals surface area contributed by atoms with Gasteiger partial charge in [0.15, 0.2) is 0 Å². The molecule has 0 aliphatic heterocycles. The van der Waals surface area contributed by atoms with Crippen molar-refractivity contribution in [2.75, 3.05) is 7.11 Å². The van der Waals surface area contributed by atoms with Crippen LogP contribution in [-0.4, -0.2) is 13.1 Å². The van der Waals surface area contributed by atoms with E-state index in [4.69, 9.17) is 10.00 Å². The Morgan fingerprint density at radius 2 is 2.29 bits per heavy atom. The first-order valence-electron chi connectivity index (χ1n) is 5.10. The van der Waals surface area contributed by atoms with Gasteiger partial charge in [-0.05, 0) is 38.0 Å². The first-order valence-corrected chi connectivity index (χ1v) is 5.10. The summed E-state index contributed by atoms with van der Waals surface area (Å²) in [7, 11) is 1.45. The SMILES string of the molecule is COC(=O)C1(C)CC2CC1CC2C#N. The maximum Gasteiger partial charge on any atom is 0.311 e. The van der Waals surface area contributed by atoms with Gasteiger partial charge in [-0.3, -0.25) is 4.79 Å². The highest BCUT2D eigenvalue weighted by molar-refractivity contribution is 5.77. The highest BCUT2D eigenvalue weighted by atomic mass is 16.5. The van der Waals surface area contributed by atoms with Crippen molar-refractivity contribution in [2.45, 2.75) is 26.2 Å². The Morgan fingerprint density at radius 1 is 1.57 bits per heavy atom. The molecule has 0 spiro atoms. The third kappa shape index (κ3) is 1.06. The standard InChI is InChI=1S/C11H15NO2/c1-11(10(13)14-2)5-7-3-9(11)4-8(7)6-12/h7-9H,3-5H2,1-2H3. The molecule has 0 heterocycles.